The Morgan fingerprint density at radius 1 is 1.30 bits per heavy atom. The Kier molecular flexibility index (Phi) is 5.42. The number of nitrogens with one attached hydrogen (secondary N) is 1. The summed E-state index contributed by atoms with van der Waals surface area (Å²) in [5, 5.41) is 15.2. The number of benzene rings is 1. The highest BCUT2D eigenvalue weighted by Crippen LogP contribution is 2.27. The monoisotopic (exact) mass is 334 g/mol. The zero-order valence-corrected chi connectivity index (χ0v) is 13.1. The number of hydrogen-bond donors (Lipinski definition) is 1. The van der Waals surface area contributed by atoms with Gasteiger partial charge in [0.25, 0.3) is 11.6 Å². The van der Waals surface area contributed by atoms with E-state index in [-0.39, 0.29) is 17.8 Å². The van der Waals surface area contributed by atoms with Crippen molar-refractivity contribution < 1.29 is 19.2 Å². The van der Waals surface area contributed by atoms with Crippen LogP contribution in [0.15, 0.2) is 35.7 Å². The van der Waals surface area contributed by atoms with Gasteiger partial charge >= 0.3 is 5.97 Å². The molecule has 2 aromatic rings. The number of nitro benzene ring substituents is 1. The van der Waals surface area contributed by atoms with Gasteiger partial charge in [0, 0.05) is 10.9 Å². The summed E-state index contributed by atoms with van der Waals surface area (Å²) in [6.07, 6.45) is 0.0927. The Morgan fingerprint density at radius 2 is 2.09 bits per heavy atom. The van der Waals surface area contributed by atoms with Gasteiger partial charge in [0.2, 0.25) is 0 Å². The summed E-state index contributed by atoms with van der Waals surface area (Å²) < 4.78 is 4.88. The Labute approximate surface area is 136 Å². The van der Waals surface area contributed by atoms with Gasteiger partial charge in [-0.15, -0.1) is 11.3 Å². The number of amides is 1. The second-order valence-corrected chi connectivity index (χ2v) is 5.72. The molecule has 1 N–H and O–H groups in total. The lowest BCUT2D eigenvalue weighted by molar-refractivity contribution is -0.384. The van der Waals surface area contributed by atoms with Crippen LogP contribution in [-0.2, 0) is 20.7 Å². The summed E-state index contributed by atoms with van der Waals surface area (Å²) in [6, 6.07) is 8.08. The molecular formula is C15H14N2O5S. The van der Waals surface area contributed by atoms with E-state index >= 15 is 0 Å². The van der Waals surface area contributed by atoms with Crippen molar-refractivity contribution in [1.82, 2.24) is 0 Å². The van der Waals surface area contributed by atoms with Crippen molar-refractivity contribution >= 4 is 34.6 Å². The first-order valence-electron chi connectivity index (χ1n) is 6.69. The van der Waals surface area contributed by atoms with Crippen molar-refractivity contribution in [2.75, 3.05) is 11.9 Å². The van der Waals surface area contributed by atoms with E-state index in [0.717, 1.165) is 4.88 Å². The summed E-state index contributed by atoms with van der Waals surface area (Å²) in [4.78, 5) is 34.7. The van der Waals surface area contributed by atoms with Crippen LogP contribution in [0.2, 0.25) is 0 Å². The smallest absolute Gasteiger partial charge is 0.311 e. The minimum absolute atomic E-state index is 0.0927. The van der Waals surface area contributed by atoms with Crippen LogP contribution < -0.4 is 5.32 Å². The minimum Gasteiger partial charge on any atom is -0.455 e. The Balaban J connectivity index is 1.92. The fourth-order valence-electron chi connectivity index (χ4n) is 1.90. The molecule has 1 heterocycles. The number of nitro groups is 1. The van der Waals surface area contributed by atoms with Crippen molar-refractivity contribution in [3.63, 3.8) is 0 Å². The Hall–Kier alpha value is -2.74. The molecule has 0 saturated heterocycles. The zero-order valence-electron chi connectivity index (χ0n) is 12.3. The largest absolute Gasteiger partial charge is 0.455 e. The number of anilines is 1. The predicted octanol–water partition coefficient (Wildman–Crippen LogP) is 2.69. The fraction of sp³-hybridized carbons (Fsp3) is 0.200. The van der Waals surface area contributed by atoms with E-state index in [1.165, 1.54) is 23.5 Å². The number of ether oxygens (including phenoxy) is 1. The summed E-state index contributed by atoms with van der Waals surface area (Å²) in [5.41, 5.74) is 0.456. The van der Waals surface area contributed by atoms with Gasteiger partial charge in [0.15, 0.2) is 6.61 Å². The molecule has 0 atom stereocenters. The number of carbonyl (C=O) groups excluding carboxylic acids is 2. The molecule has 1 amide bonds. The third-order valence-corrected chi connectivity index (χ3v) is 3.85. The van der Waals surface area contributed by atoms with Crippen LogP contribution >= 0.6 is 11.3 Å². The highest BCUT2D eigenvalue weighted by Gasteiger charge is 2.18. The molecule has 1 aromatic heterocycles. The van der Waals surface area contributed by atoms with Crippen LogP contribution in [0.25, 0.3) is 0 Å². The van der Waals surface area contributed by atoms with E-state index in [1.54, 1.807) is 19.1 Å². The van der Waals surface area contributed by atoms with Gasteiger partial charge < -0.3 is 10.1 Å². The predicted molar refractivity (Wildman–Crippen MR) is 85.4 cm³/mol. The molecule has 120 valence electrons. The van der Waals surface area contributed by atoms with Gasteiger partial charge in [-0.3, -0.25) is 19.7 Å². The third-order valence-electron chi connectivity index (χ3n) is 2.97. The molecule has 0 bridgehead atoms. The lowest BCUT2D eigenvalue weighted by Crippen LogP contribution is -2.22. The number of thiophene rings is 1. The molecule has 0 aliphatic heterocycles. The second-order valence-electron chi connectivity index (χ2n) is 4.69. The van der Waals surface area contributed by atoms with Crippen molar-refractivity contribution in [1.29, 1.82) is 0 Å². The number of carbonyl (C=O) groups is 2. The van der Waals surface area contributed by atoms with Gasteiger partial charge in [-0.05, 0) is 23.9 Å². The van der Waals surface area contributed by atoms with Gasteiger partial charge in [0.05, 0.1) is 11.3 Å². The summed E-state index contributed by atoms with van der Waals surface area (Å²) in [6.45, 7) is 1.15. The molecule has 0 fully saturated rings. The van der Waals surface area contributed by atoms with Crippen molar-refractivity contribution in [3.05, 3.63) is 56.3 Å². The number of hydrogen-bond acceptors (Lipinski definition) is 6. The van der Waals surface area contributed by atoms with Crippen LogP contribution in [0.3, 0.4) is 0 Å². The highest BCUT2D eigenvalue weighted by molar-refractivity contribution is 7.10. The first kappa shape index (κ1) is 16.6. The average Bonchev–Trinajstić information content (AvgIpc) is 3.00. The van der Waals surface area contributed by atoms with Crippen LogP contribution in [0.4, 0.5) is 11.4 Å². The molecule has 1 aromatic carbocycles. The first-order chi connectivity index (χ1) is 11.0. The van der Waals surface area contributed by atoms with Crippen molar-refractivity contribution in [3.8, 4) is 0 Å². The van der Waals surface area contributed by atoms with Gasteiger partial charge in [0.1, 0.15) is 5.69 Å². The zero-order chi connectivity index (χ0) is 16.8. The van der Waals surface area contributed by atoms with E-state index in [9.17, 15) is 19.7 Å². The molecule has 0 spiro atoms. The number of aryl methyl sites for hydroxylation is 1. The topological polar surface area (TPSA) is 98.5 Å². The fourth-order valence-corrected chi connectivity index (χ4v) is 2.59. The second kappa shape index (κ2) is 7.50. The molecule has 23 heavy (non-hydrogen) atoms. The van der Waals surface area contributed by atoms with Crippen molar-refractivity contribution in [2.24, 2.45) is 0 Å². The maximum Gasteiger partial charge on any atom is 0.311 e. The minimum atomic E-state index is -0.623. The standard InChI is InChI=1S/C15H14N2O5S/c1-10-4-2-6-12(17(20)21)15(10)16-13(18)9-22-14(19)8-11-5-3-7-23-11/h2-7H,8-9H2,1H3,(H,16,18). The summed E-state index contributed by atoms with van der Waals surface area (Å²) >= 11 is 1.42. The van der Waals surface area contributed by atoms with Crippen LogP contribution in [-0.4, -0.2) is 23.4 Å². The van der Waals surface area contributed by atoms with Gasteiger partial charge in [-0.2, -0.15) is 0 Å². The number of nitrogens with zero attached hydrogens (tertiary/aromatic N) is 1. The maximum absolute atomic E-state index is 11.8. The van der Waals surface area contributed by atoms with Crippen LogP contribution in [0.1, 0.15) is 10.4 Å². The third kappa shape index (κ3) is 4.62. The first-order valence-corrected chi connectivity index (χ1v) is 7.57. The van der Waals surface area contributed by atoms with E-state index < -0.39 is 23.4 Å². The highest BCUT2D eigenvalue weighted by atomic mass is 32.1. The average molecular weight is 334 g/mol. The molecule has 2 rings (SSSR count). The van der Waals surface area contributed by atoms with Gasteiger partial charge in [-0.25, -0.2) is 0 Å². The van der Waals surface area contributed by atoms with Gasteiger partial charge in [-0.1, -0.05) is 18.2 Å². The Bertz CT molecular complexity index is 727. The number of esters is 1. The maximum atomic E-state index is 11.8. The molecule has 0 aliphatic carbocycles. The Morgan fingerprint density at radius 3 is 2.74 bits per heavy atom. The summed E-state index contributed by atoms with van der Waals surface area (Å²) in [5.74, 6) is -1.15. The molecule has 0 unspecified atom stereocenters. The molecular weight excluding hydrogens is 320 g/mol. The van der Waals surface area contributed by atoms with E-state index in [0.29, 0.717) is 5.56 Å². The SMILES string of the molecule is Cc1cccc([N+](=O)[O-])c1NC(=O)COC(=O)Cc1cccs1. The van der Waals surface area contributed by atoms with Crippen molar-refractivity contribution in [2.45, 2.75) is 13.3 Å². The van der Waals surface area contributed by atoms with E-state index in [1.807, 2.05) is 11.4 Å². The van der Waals surface area contributed by atoms with Crippen LogP contribution in [0.5, 0.6) is 0 Å². The summed E-state index contributed by atoms with van der Waals surface area (Å²) in [7, 11) is 0. The normalized spacial score (nSPS) is 10.1. The molecule has 7 nitrogen and oxygen atoms in total. The molecule has 0 saturated carbocycles. The molecule has 0 radical (unpaired) electrons. The number of rotatable bonds is 6. The lowest BCUT2D eigenvalue weighted by atomic mass is 10.1. The number of para-hydroxylation sites is 1. The molecule has 8 heteroatoms. The van der Waals surface area contributed by atoms with E-state index in [4.69, 9.17) is 4.74 Å². The molecule has 0 aliphatic rings. The lowest BCUT2D eigenvalue weighted by Gasteiger charge is -2.09. The quantitative estimate of drug-likeness (QED) is 0.497. The van der Waals surface area contributed by atoms with E-state index in [2.05, 4.69) is 5.32 Å². The van der Waals surface area contributed by atoms with Crippen LogP contribution in [0, 0.1) is 17.0 Å².